The maximum Gasteiger partial charge on any atom is 0.213 e. The molecular weight excluding hydrogens is 355 g/mol. The van der Waals surface area contributed by atoms with Crippen LogP contribution in [0.25, 0.3) is 0 Å². The zero-order valence-corrected chi connectivity index (χ0v) is 13.7. The van der Waals surface area contributed by atoms with Gasteiger partial charge in [0.2, 0.25) is 5.88 Å². The van der Waals surface area contributed by atoms with Gasteiger partial charge >= 0.3 is 0 Å². The van der Waals surface area contributed by atoms with Crippen LogP contribution in [0.3, 0.4) is 0 Å². The lowest BCUT2D eigenvalue weighted by Crippen LogP contribution is -2.38. The molecule has 0 unspecified atom stereocenters. The Bertz CT molecular complexity index is 421. The average molecular weight is 376 g/mol. The van der Waals surface area contributed by atoms with E-state index >= 15 is 0 Å². The van der Waals surface area contributed by atoms with E-state index in [1.54, 1.807) is 14.2 Å². The van der Waals surface area contributed by atoms with Crippen LogP contribution >= 0.6 is 24.0 Å². The SMILES string of the molecule is CN=C(NCc1cccc(OC)n1)NCC1CC1.I. The molecular formula is C13H21IN4O. The number of methoxy groups -OCH3 is 1. The summed E-state index contributed by atoms with van der Waals surface area (Å²) in [5.74, 6) is 2.29. The van der Waals surface area contributed by atoms with Crippen molar-refractivity contribution in [2.45, 2.75) is 19.4 Å². The Hall–Kier alpha value is -1.05. The van der Waals surface area contributed by atoms with Gasteiger partial charge in [0.1, 0.15) is 0 Å². The van der Waals surface area contributed by atoms with Crippen LogP contribution in [0.5, 0.6) is 5.88 Å². The van der Waals surface area contributed by atoms with Crippen molar-refractivity contribution in [3.05, 3.63) is 23.9 Å². The predicted octanol–water partition coefficient (Wildman–Crippen LogP) is 1.78. The van der Waals surface area contributed by atoms with Crippen LogP contribution < -0.4 is 15.4 Å². The fraction of sp³-hybridized carbons (Fsp3) is 0.538. The topological polar surface area (TPSA) is 58.5 Å². The first kappa shape index (κ1) is 16.0. The molecule has 0 aliphatic heterocycles. The van der Waals surface area contributed by atoms with Crippen molar-refractivity contribution in [1.29, 1.82) is 0 Å². The summed E-state index contributed by atoms with van der Waals surface area (Å²) >= 11 is 0. The molecule has 0 aromatic carbocycles. The number of pyridine rings is 1. The maximum atomic E-state index is 5.09. The maximum absolute atomic E-state index is 5.09. The van der Waals surface area contributed by atoms with Crippen LogP contribution in [0.4, 0.5) is 0 Å². The van der Waals surface area contributed by atoms with E-state index in [2.05, 4.69) is 20.6 Å². The van der Waals surface area contributed by atoms with Gasteiger partial charge in [-0.25, -0.2) is 4.98 Å². The summed E-state index contributed by atoms with van der Waals surface area (Å²) < 4.78 is 5.09. The predicted molar refractivity (Wildman–Crippen MR) is 87.1 cm³/mol. The monoisotopic (exact) mass is 376 g/mol. The summed E-state index contributed by atoms with van der Waals surface area (Å²) in [6.07, 6.45) is 2.67. The third kappa shape index (κ3) is 5.63. The molecule has 2 rings (SSSR count). The van der Waals surface area contributed by atoms with Gasteiger partial charge in [0.15, 0.2) is 5.96 Å². The van der Waals surface area contributed by atoms with Crippen molar-refractivity contribution >= 4 is 29.9 Å². The van der Waals surface area contributed by atoms with Crippen molar-refractivity contribution in [3.63, 3.8) is 0 Å². The van der Waals surface area contributed by atoms with Gasteiger partial charge < -0.3 is 15.4 Å². The van der Waals surface area contributed by atoms with Crippen LogP contribution in [0.2, 0.25) is 0 Å². The van der Waals surface area contributed by atoms with E-state index in [1.807, 2.05) is 18.2 Å². The first-order valence-corrected chi connectivity index (χ1v) is 6.26. The van der Waals surface area contributed by atoms with E-state index in [1.165, 1.54) is 12.8 Å². The first-order chi connectivity index (χ1) is 8.81. The Morgan fingerprint density at radius 1 is 1.42 bits per heavy atom. The summed E-state index contributed by atoms with van der Waals surface area (Å²) in [7, 11) is 3.40. The largest absolute Gasteiger partial charge is 0.481 e. The highest BCUT2D eigenvalue weighted by molar-refractivity contribution is 14.0. The Morgan fingerprint density at radius 3 is 2.84 bits per heavy atom. The second-order valence-electron chi connectivity index (χ2n) is 4.42. The third-order valence-corrected chi connectivity index (χ3v) is 2.91. The molecule has 19 heavy (non-hydrogen) atoms. The molecule has 1 aliphatic carbocycles. The van der Waals surface area contributed by atoms with Crippen molar-refractivity contribution in [1.82, 2.24) is 15.6 Å². The molecule has 1 saturated carbocycles. The number of nitrogens with one attached hydrogen (secondary N) is 2. The molecule has 5 nitrogen and oxygen atoms in total. The number of guanidine groups is 1. The Balaban J connectivity index is 0.00000180. The number of halogens is 1. The highest BCUT2D eigenvalue weighted by Crippen LogP contribution is 2.27. The van der Waals surface area contributed by atoms with Gasteiger partial charge in [-0.3, -0.25) is 4.99 Å². The first-order valence-electron chi connectivity index (χ1n) is 6.26. The van der Waals surface area contributed by atoms with Crippen molar-refractivity contribution in [2.75, 3.05) is 20.7 Å². The summed E-state index contributed by atoms with van der Waals surface area (Å²) in [5.41, 5.74) is 0.934. The van der Waals surface area contributed by atoms with E-state index in [0.29, 0.717) is 12.4 Å². The van der Waals surface area contributed by atoms with E-state index < -0.39 is 0 Å². The minimum Gasteiger partial charge on any atom is -0.481 e. The van der Waals surface area contributed by atoms with Crippen molar-refractivity contribution in [3.8, 4) is 5.88 Å². The van der Waals surface area contributed by atoms with E-state index in [9.17, 15) is 0 Å². The molecule has 0 amide bonds. The number of rotatable bonds is 5. The molecule has 1 aliphatic rings. The number of nitrogens with zero attached hydrogens (tertiary/aromatic N) is 2. The van der Waals surface area contributed by atoms with E-state index in [-0.39, 0.29) is 24.0 Å². The smallest absolute Gasteiger partial charge is 0.213 e. The van der Waals surface area contributed by atoms with Crippen LogP contribution in [-0.4, -0.2) is 31.6 Å². The zero-order chi connectivity index (χ0) is 12.8. The molecule has 0 spiro atoms. The lowest BCUT2D eigenvalue weighted by atomic mass is 10.3. The number of aliphatic imine (C=N–C) groups is 1. The molecule has 1 aromatic rings. The molecule has 0 radical (unpaired) electrons. The van der Waals surface area contributed by atoms with Crippen LogP contribution in [0.15, 0.2) is 23.2 Å². The normalized spacial score (nSPS) is 14.5. The highest BCUT2D eigenvalue weighted by atomic mass is 127. The quantitative estimate of drug-likeness (QED) is 0.467. The fourth-order valence-electron chi connectivity index (χ4n) is 1.63. The van der Waals surface area contributed by atoms with Crippen LogP contribution in [-0.2, 0) is 6.54 Å². The van der Waals surface area contributed by atoms with E-state index in [0.717, 1.165) is 24.1 Å². The second kappa shape index (κ2) is 8.19. The minimum absolute atomic E-state index is 0. The third-order valence-electron chi connectivity index (χ3n) is 2.91. The molecule has 2 N–H and O–H groups in total. The Kier molecular flexibility index (Phi) is 6.90. The summed E-state index contributed by atoms with van der Waals surface area (Å²) in [6.45, 7) is 1.65. The molecule has 0 bridgehead atoms. The van der Waals surface area contributed by atoms with Crippen LogP contribution in [0, 0.1) is 5.92 Å². The van der Waals surface area contributed by atoms with Gasteiger partial charge in [0.05, 0.1) is 19.3 Å². The number of ether oxygens (including phenoxy) is 1. The standard InChI is InChI=1S/C13H20N4O.HI/c1-14-13(15-8-10-6-7-10)16-9-11-4-3-5-12(17-11)18-2;/h3-5,10H,6-9H2,1-2H3,(H2,14,15,16);1H. The average Bonchev–Trinajstić information content (AvgIpc) is 3.23. The number of hydrogen-bond acceptors (Lipinski definition) is 3. The second-order valence-corrected chi connectivity index (χ2v) is 4.42. The van der Waals surface area contributed by atoms with Gasteiger partial charge in [-0.15, -0.1) is 24.0 Å². The molecule has 1 aromatic heterocycles. The van der Waals surface area contributed by atoms with Crippen molar-refractivity contribution in [2.24, 2.45) is 10.9 Å². The van der Waals surface area contributed by atoms with Crippen LogP contribution in [0.1, 0.15) is 18.5 Å². The molecule has 106 valence electrons. The summed E-state index contributed by atoms with van der Waals surface area (Å²) in [6, 6.07) is 5.73. The van der Waals surface area contributed by atoms with Gasteiger partial charge in [-0.1, -0.05) is 6.07 Å². The van der Waals surface area contributed by atoms with E-state index in [4.69, 9.17) is 4.74 Å². The molecule has 0 saturated heterocycles. The molecule has 1 fully saturated rings. The molecule has 0 atom stereocenters. The fourth-order valence-corrected chi connectivity index (χ4v) is 1.63. The van der Waals surface area contributed by atoms with Gasteiger partial charge in [-0.2, -0.15) is 0 Å². The zero-order valence-electron chi connectivity index (χ0n) is 11.3. The molecule has 6 heteroatoms. The lowest BCUT2D eigenvalue weighted by molar-refractivity contribution is 0.396. The van der Waals surface area contributed by atoms with Gasteiger partial charge in [0, 0.05) is 19.7 Å². The molecule has 1 heterocycles. The number of aromatic nitrogens is 1. The van der Waals surface area contributed by atoms with Gasteiger partial charge in [-0.05, 0) is 24.8 Å². The van der Waals surface area contributed by atoms with Gasteiger partial charge in [0.25, 0.3) is 0 Å². The minimum atomic E-state index is 0. The summed E-state index contributed by atoms with van der Waals surface area (Å²) in [5, 5.41) is 6.55. The highest BCUT2D eigenvalue weighted by Gasteiger charge is 2.20. The lowest BCUT2D eigenvalue weighted by Gasteiger charge is -2.11. The summed E-state index contributed by atoms with van der Waals surface area (Å²) in [4.78, 5) is 8.52. The Morgan fingerprint density at radius 2 is 2.21 bits per heavy atom. The Labute approximate surface area is 131 Å². The van der Waals surface area contributed by atoms with Crippen molar-refractivity contribution < 1.29 is 4.74 Å². The number of hydrogen-bond donors (Lipinski definition) is 2.